The van der Waals surface area contributed by atoms with E-state index in [1.54, 1.807) is 24.3 Å². The monoisotopic (exact) mass is 294 g/mol. The van der Waals surface area contributed by atoms with Gasteiger partial charge in [0.2, 0.25) is 0 Å². The quantitative estimate of drug-likeness (QED) is 0.522. The molecular formula is C19H18O3. The third-order valence-electron chi connectivity index (χ3n) is 3.04. The van der Waals surface area contributed by atoms with E-state index in [4.69, 9.17) is 4.74 Å². The Morgan fingerprint density at radius 1 is 1.05 bits per heavy atom. The Hall–Kier alpha value is -2.57. The zero-order chi connectivity index (χ0) is 15.6. The first-order valence-electron chi connectivity index (χ1n) is 7.21. The van der Waals surface area contributed by atoms with Gasteiger partial charge in [0.25, 0.3) is 0 Å². The van der Waals surface area contributed by atoms with Gasteiger partial charge in [-0.1, -0.05) is 54.5 Å². The maximum absolute atomic E-state index is 11.7. The van der Waals surface area contributed by atoms with E-state index in [0.29, 0.717) is 25.0 Å². The van der Waals surface area contributed by atoms with E-state index in [-0.39, 0.29) is 5.97 Å². The van der Waals surface area contributed by atoms with Gasteiger partial charge < -0.3 is 9.84 Å². The van der Waals surface area contributed by atoms with Crippen LogP contribution in [0.3, 0.4) is 0 Å². The SMILES string of the molecule is O=C(OCCCC#C[C@@H](O)c1ccccc1)c1ccccc1. The molecule has 0 aromatic heterocycles. The molecule has 2 aromatic rings. The molecule has 0 bridgehead atoms. The van der Waals surface area contributed by atoms with Crippen LogP contribution in [0, 0.1) is 11.8 Å². The highest BCUT2D eigenvalue weighted by Gasteiger charge is 2.04. The number of aliphatic hydroxyl groups is 1. The molecule has 2 aromatic carbocycles. The molecule has 0 aliphatic heterocycles. The Kier molecular flexibility index (Phi) is 6.22. The zero-order valence-corrected chi connectivity index (χ0v) is 12.2. The average molecular weight is 294 g/mol. The van der Waals surface area contributed by atoms with E-state index < -0.39 is 6.10 Å². The third-order valence-corrected chi connectivity index (χ3v) is 3.04. The standard InChI is InChI=1S/C19H18O3/c20-18(16-10-4-1-5-11-16)14-8-3-9-15-22-19(21)17-12-6-2-7-13-17/h1-2,4-7,10-13,18,20H,3,9,15H2/t18-/m1/s1. The van der Waals surface area contributed by atoms with Crippen LogP contribution in [0.2, 0.25) is 0 Å². The second-order valence-corrected chi connectivity index (χ2v) is 4.74. The molecule has 1 N–H and O–H groups in total. The van der Waals surface area contributed by atoms with Crippen LogP contribution in [0.1, 0.15) is 34.9 Å². The van der Waals surface area contributed by atoms with Crippen LogP contribution in [-0.4, -0.2) is 17.7 Å². The van der Waals surface area contributed by atoms with E-state index in [1.165, 1.54) is 0 Å². The molecule has 0 amide bonds. The molecule has 0 radical (unpaired) electrons. The first kappa shape index (κ1) is 15.8. The van der Waals surface area contributed by atoms with Gasteiger partial charge in [0, 0.05) is 6.42 Å². The van der Waals surface area contributed by atoms with Gasteiger partial charge in [-0.3, -0.25) is 0 Å². The minimum atomic E-state index is -0.770. The number of carbonyl (C=O) groups is 1. The molecule has 3 heteroatoms. The van der Waals surface area contributed by atoms with Crippen LogP contribution in [-0.2, 0) is 4.74 Å². The van der Waals surface area contributed by atoms with Gasteiger partial charge in [-0.2, -0.15) is 0 Å². The summed E-state index contributed by atoms with van der Waals surface area (Å²) < 4.78 is 5.15. The molecule has 2 rings (SSSR count). The van der Waals surface area contributed by atoms with Crippen molar-refractivity contribution in [3.8, 4) is 11.8 Å². The van der Waals surface area contributed by atoms with E-state index >= 15 is 0 Å². The minimum Gasteiger partial charge on any atom is -0.462 e. The number of ether oxygens (including phenoxy) is 1. The van der Waals surface area contributed by atoms with E-state index in [0.717, 1.165) is 5.56 Å². The van der Waals surface area contributed by atoms with Gasteiger partial charge in [-0.05, 0) is 24.1 Å². The molecule has 0 aliphatic carbocycles. The number of benzene rings is 2. The number of esters is 1. The molecule has 0 saturated heterocycles. The van der Waals surface area contributed by atoms with Crippen molar-refractivity contribution in [1.29, 1.82) is 0 Å². The predicted molar refractivity (Wildman–Crippen MR) is 85.1 cm³/mol. The minimum absolute atomic E-state index is 0.321. The van der Waals surface area contributed by atoms with E-state index in [2.05, 4.69) is 11.8 Å². The second kappa shape index (κ2) is 8.66. The van der Waals surface area contributed by atoms with E-state index in [1.807, 2.05) is 36.4 Å². The van der Waals surface area contributed by atoms with Crippen molar-refractivity contribution >= 4 is 5.97 Å². The van der Waals surface area contributed by atoms with Gasteiger partial charge in [0.15, 0.2) is 0 Å². The lowest BCUT2D eigenvalue weighted by molar-refractivity contribution is 0.0502. The molecule has 112 valence electrons. The highest BCUT2D eigenvalue weighted by Crippen LogP contribution is 2.10. The molecule has 1 atom stereocenters. The van der Waals surface area contributed by atoms with Crippen molar-refractivity contribution in [1.82, 2.24) is 0 Å². The number of carbonyl (C=O) groups excluding carboxylic acids is 1. The van der Waals surface area contributed by atoms with Crippen LogP contribution in [0.25, 0.3) is 0 Å². The number of unbranched alkanes of at least 4 members (excludes halogenated alkanes) is 1. The lowest BCUT2D eigenvalue weighted by Gasteiger charge is -2.03. The Labute approximate surface area is 130 Å². The summed E-state index contributed by atoms with van der Waals surface area (Å²) in [5.41, 5.74) is 1.33. The van der Waals surface area contributed by atoms with Crippen LogP contribution >= 0.6 is 0 Å². The summed E-state index contributed by atoms with van der Waals surface area (Å²) in [6, 6.07) is 18.2. The molecular weight excluding hydrogens is 276 g/mol. The van der Waals surface area contributed by atoms with Crippen molar-refractivity contribution in [3.05, 3.63) is 71.8 Å². The van der Waals surface area contributed by atoms with Crippen molar-refractivity contribution in [2.75, 3.05) is 6.61 Å². The van der Waals surface area contributed by atoms with Crippen molar-refractivity contribution in [3.63, 3.8) is 0 Å². The second-order valence-electron chi connectivity index (χ2n) is 4.74. The Balaban J connectivity index is 1.68. The lowest BCUT2D eigenvalue weighted by Crippen LogP contribution is -2.05. The van der Waals surface area contributed by atoms with E-state index in [9.17, 15) is 9.90 Å². The zero-order valence-electron chi connectivity index (χ0n) is 12.2. The number of rotatable bonds is 5. The van der Waals surface area contributed by atoms with Crippen molar-refractivity contribution < 1.29 is 14.6 Å². The Morgan fingerprint density at radius 3 is 2.36 bits per heavy atom. The van der Waals surface area contributed by atoms with Crippen LogP contribution in [0.5, 0.6) is 0 Å². The van der Waals surface area contributed by atoms with Gasteiger partial charge >= 0.3 is 5.97 Å². The summed E-state index contributed by atoms with van der Waals surface area (Å²) in [7, 11) is 0. The van der Waals surface area contributed by atoms with Gasteiger partial charge in [0.1, 0.15) is 6.10 Å². The number of aliphatic hydroxyl groups excluding tert-OH is 1. The molecule has 0 saturated carbocycles. The lowest BCUT2D eigenvalue weighted by atomic mass is 10.1. The number of hydrogen-bond donors (Lipinski definition) is 1. The summed E-state index contributed by atoms with van der Waals surface area (Å²) in [6.07, 6.45) is 0.451. The first-order valence-corrected chi connectivity index (χ1v) is 7.21. The molecule has 22 heavy (non-hydrogen) atoms. The van der Waals surface area contributed by atoms with Crippen molar-refractivity contribution in [2.24, 2.45) is 0 Å². The van der Waals surface area contributed by atoms with Crippen LogP contribution < -0.4 is 0 Å². The number of hydrogen-bond acceptors (Lipinski definition) is 3. The Bertz CT molecular complexity index is 639. The molecule has 0 spiro atoms. The highest BCUT2D eigenvalue weighted by atomic mass is 16.5. The van der Waals surface area contributed by atoms with Gasteiger partial charge in [-0.25, -0.2) is 4.79 Å². The smallest absolute Gasteiger partial charge is 0.338 e. The predicted octanol–water partition coefficient (Wildman–Crippen LogP) is 3.36. The molecule has 3 nitrogen and oxygen atoms in total. The maximum atomic E-state index is 11.7. The maximum Gasteiger partial charge on any atom is 0.338 e. The first-order chi connectivity index (χ1) is 10.8. The van der Waals surface area contributed by atoms with Crippen molar-refractivity contribution in [2.45, 2.75) is 18.9 Å². The topological polar surface area (TPSA) is 46.5 Å². The fourth-order valence-electron chi connectivity index (χ4n) is 1.87. The van der Waals surface area contributed by atoms with Gasteiger partial charge in [-0.15, -0.1) is 5.92 Å². The fourth-order valence-corrected chi connectivity index (χ4v) is 1.87. The average Bonchev–Trinajstić information content (AvgIpc) is 2.59. The molecule has 0 unspecified atom stereocenters. The summed E-state index contributed by atoms with van der Waals surface area (Å²) in [6.45, 7) is 0.323. The third kappa shape index (κ3) is 5.08. The molecule has 0 aliphatic rings. The fraction of sp³-hybridized carbons (Fsp3) is 0.211. The molecule has 0 heterocycles. The summed E-state index contributed by atoms with van der Waals surface area (Å²) >= 11 is 0. The summed E-state index contributed by atoms with van der Waals surface area (Å²) in [4.78, 5) is 11.7. The largest absolute Gasteiger partial charge is 0.462 e. The normalized spacial score (nSPS) is 11.1. The highest BCUT2D eigenvalue weighted by molar-refractivity contribution is 5.89. The van der Waals surface area contributed by atoms with Crippen LogP contribution in [0.15, 0.2) is 60.7 Å². The summed E-state index contributed by atoms with van der Waals surface area (Å²) in [5, 5.41) is 9.85. The van der Waals surface area contributed by atoms with Gasteiger partial charge in [0.05, 0.1) is 12.2 Å². The molecule has 0 fully saturated rings. The van der Waals surface area contributed by atoms with Crippen LogP contribution in [0.4, 0.5) is 0 Å². The summed E-state index contributed by atoms with van der Waals surface area (Å²) in [5.74, 6) is 5.37. The Morgan fingerprint density at radius 2 is 1.68 bits per heavy atom.